The highest BCUT2D eigenvalue weighted by atomic mass is 32.2. The number of esters is 1. The summed E-state index contributed by atoms with van der Waals surface area (Å²) >= 11 is 3.22. The number of ether oxygens (including phenoxy) is 1. The van der Waals surface area contributed by atoms with Crippen LogP contribution in [0.1, 0.15) is 48.0 Å². The number of hydrogen-bond acceptors (Lipinski definition) is 6. The maximum atomic E-state index is 12.9. The van der Waals surface area contributed by atoms with E-state index in [2.05, 4.69) is 61.2 Å². The number of nitrogens with zero attached hydrogens (tertiary/aromatic N) is 1. The van der Waals surface area contributed by atoms with Gasteiger partial charge >= 0.3 is 5.97 Å². The van der Waals surface area contributed by atoms with Crippen LogP contribution in [-0.2, 0) is 18.8 Å². The Hall–Kier alpha value is -0.703. The number of fused-ring (bicyclic) bond motifs is 1. The highest BCUT2D eigenvalue weighted by molar-refractivity contribution is 8.23. The Balaban J connectivity index is 2.08. The van der Waals surface area contributed by atoms with Gasteiger partial charge in [0.25, 0.3) is 0 Å². The van der Waals surface area contributed by atoms with Crippen molar-refractivity contribution >= 4 is 43.7 Å². The van der Waals surface area contributed by atoms with Crippen molar-refractivity contribution in [3.63, 3.8) is 0 Å². The third-order valence-corrected chi connectivity index (χ3v) is 12.7. The molecule has 2 atom stereocenters. The first kappa shape index (κ1) is 24.6. The van der Waals surface area contributed by atoms with Gasteiger partial charge in [0.2, 0.25) is 5.91 Å². The molecule has 0 aromatic rings. The number of β-lactam (4-membered cyclic amide) rings is 1. The molecule has 2 rings (SSSR count). The molecule has 29 heavy (non-hydrogen) atoms. The smallest absolute Gasteiger partial charge is 0.357 e. The minimum atomic E-state index is -1.84. The standard InChI is InChI=1S/C21H35NO4S2Si/c1-10-12-25-18(24)15-19(28-20(2,3)4)27-17-14(16(23)22(15)17)11-13-26-29(8,9)21(5,6)7/h10,14,17H,1,11-13H2,2-9H3/t14-,17+/m0/s1. The molecular formula is C21H35NO4S2Si. The summed E-state index contributed by atoms with van der Waals surface area (Å²) in [6.45, 7) is 21.7. The number of thioether (sulfide) groups is 2. The average molecular weight is 458 g/mol. The molecule has 0 spiro atoms. The summed E-state index contributed by atoms with van der Waals surface area (Å²) in [4.78, 5) is 27.1. The van der Waals surface area contributed by atoms with Crippen LogP contribution in [0.4, 0.5) is 0 Å². The zero-order chi connectivity index (χ0) is 22.2. The predicted octanol–water partition coefficient (Wildman–Crippen LogP) is 5.36. The second-order valence-electron chi connectivity index (χ2n) is 9.96. The lowest BCUT2D eigenvalue weighted by atomic mass is 9.94. The first-order chi connectivity index (χ1) is 13.2. The molecule has 0 unspecified atom stereocenters. The molecular weight excluding hydrogens is 422 g/mol. The Bertz CT molecular complexity index is 706. The normalized spacial score (nSPS) is 22.5. The molecule has 2 aliphatic rings. The summed E-state index contributed by atoms with van der Waals surface area (Å²) in [6.07, 6.45) is 2.22. The molecule has 0 bridgehead atoms. The van der Waals surface area contributed by atoms with Gasteiger partial charge < -0.3 is 9.16 Å². The quantitative estimate of drug-likeness (QED) is 0.212. The molecule has 0 radical (unpaired) electrons. The van der Waals surface area contributed by atoms with Gasteiger partial charge in [-0.3, -0.25) is 9.69 Å². The van der Waals surface area contributed by atoms with Crippen molar-refractivity contribution in [2.24, 2.45) is 5.92 Å². The van der Waals surface area contributed by atoms with Crippen molar-refractivity contribution in [2.45, 2.75) is 76.2 Å². The van der Waals surface area contributed by atoms with E-state index in [1.54, 1.807) is 28.4 Å². The molecule has 0 saturated carbocycles. The molecule has 0 N–H and O–H groups in total. The van der Waals surface area contributed by atoms with Crippen LogP contribution in [0.3, 0.4) is 0 Å². The maximum absolute atomic E-state index is 12.9. The van der Waals surface area contributed by atoms with Crippen molar-refractivity contribution < 1.29 is 18.8 Å². The molecule has 1 fully saturated rings. The molecule has 2 heterocycles. The highest BCUT2D eigenvalue weighted by Crippen LogP contribution is 2.56. The van der Waals surface area contributed by atoms with E-state index in [0.717, 1.165) is 4.24 Å². The number of amides is 1. The number of hydrogen-bond donors (Lipinski definition) is 0. The molecule has 0 aromatic carbocycles. The van der Waals surface area contributed by atoms with Crippen molar-refractivity contribution in [2.75, 3.05) is 13.2 Å². The summed E-state index contributed by atoms with van der Waals surface area (Å²) in [5.74, 6) is -0.572. The van der Waals surface area contributed by atoms with Gasteiger partial charge in [0, 0.05) is 11.4 Å². The lowest BCUT2D eigenvalue weighted by molar-refractivity contribution is -0.153. The fourth-order valence-electron chi connectivity index (χ4n) is 2.82. The zero-order valence-corrected chi connectivity index (χ0v) is 21.6. The van der Waals surface area contributed by atoms with Gasteiger partial charge in [-0.05, 0) is 24.6 Å². The van der Waals surface area contributed by atoms with Gasteiger partial charge in [-0.2, -0.15) is 0 Å². The van der Waals surface area contributed by atoms with Crippen molar-refractivity contribution in [1.29, 1.82) is 0 Å². The third-order valence-electron chi connectivity index (χ3n) is 5.44. The number of rotatable bonds is 8. The monoisotopic (exact) mass is 457 g/mol. The van der Waals surface area contributed by atoms with Crippen LogP contribution in [0, 0.1) is 5.92 Å². The topological polar surface area (TPSA) is 55.8 Å². The van der Waals surface area contributed by atoms with E-state index in [0.29, 0.717) is 18.7 Å². The summed E-state index contributed by atoms with van der Waals surface area (Å²) in [5, 5.41) is 0.104. The van der Waals surface area contributed by atoms with E-state index in [4.69, 9.17) is 9.16 Å². The molecule has 164 valence electrons. The SMILES string of the molecule is C=CCOC(=O)C1=C(SC(C)(C)C)S[C@@H]2[C@@H](CCO[Si](C)(C)C(C)(C)C)C(=O)N12. The minimum Gasteiger partial charge on any atom is -0.457 e. The Kier molecular flexibility index (Phi) is 7.46. The number of carbonyl (C=O) groups is 2. The van der Waals surface area contributed by atoms with Crippen LogP contribution in [-0.4, -0.2) is 48.4 Å². The first-order valence-electron chi connectivity index (χ1n) is 10.0. The predicted molar refractivity (Wildman–Crippen MR) is 125 cm³/mol. The summed E-state index contributed by atoms with van der Waals surface area (Å²) in [6, 6.07) is 0. The van der Waals surface area contributed by atoms with Gasteiger partial charge in [0.15, 0.2) is 14.0 Å². The van der Waals surface area contributed by atoms with Crippen LogP contribution in [0.25, 0.3) is 0 Å². The average Bonchev–Trinajstić information content (AvgIpc) is 2.88. The highest BCUT2D eigenvalue weighted by Gasteiger charge is 2.56. The fourth-order valence-corrected chi connectivity index (χ4v) is 7.20. The van der Waals surface area contributed by atoms with Gasteiger partial charge in [0.05, 0.1) is 15.5 Å². The summed E-state index contributed by atoms with van der Waals surface area (Å²) in [5.41, 5.74) is 0.397. The van der Waals surface area contributed by atoms with E-state index in [1.807, 2.05) is 0 Å². The van der Waals surface area contributed by atoms with E-state index < -0.39 is 14.3 Å². The number of carbonyl (C=O) groups excluding carboxylic acids is 2. The van der Waals surface area contributed by atoms with Crippen molar-refractivity contribution in [3.05, 3.63) is 22.6 Å². The Morgan fingerprint density at radius 2 is 1.90 bits per heavy atom. The van der Waals surface area contributed by atoms with Gasteiger partial charge in [-0.1, -0.05) is 66.0 Å². The van der Waals surface area contributed by atoms with E-state index >= 15 is 0 Å². The van der Waals surface area contributed by atoms with Crippen molar-refractivity contribution in [3.8, 4) is 0 Å². The molecule has 2 aliphatic heterocycles. The van der Waals surface area contributed by atoms with Crippen LogP contribution in [0.2, 0.25) is 18.1 Å². The lowest BCUT2D eigenvalue weighted by Gasteiger charge is -2.43. The van der Waals surface area contributed by atoms with Crippen LogP contribution in [0.15, 0.2) is 22.6 Å². The molecule has 0 aliphatic carbocycles. The van der Waals surface area contributed by atoms with Crippen molar-refractivity contribution in [1.82, 2.24) is 4.90 Å². The molecule has 1 saturated heterocycles. The minimum absolute atomic E-state index is 0.00334. The van der Waals surface area contributed by atoms with Crippen LogP contribution < -0.4 is 0 Å². The van der Waals surface area contributed by atoms with Gasteiger partial charge in [-0.25, -0.2) is 4.79 Å². The molecule has 5 nitrogen and oxygen atoms in total. The fraction of sp³-hybridized carbons (Fsp3) is 0.714. The van der Waals surface area contributed by atoms with Crippen LogP contribution in [0.5, 0.6) is 0 Å². The molecule has 1 amide bonds. The summed E-state index contributed by atoms with van der Waals surface area (Å²) < 4.78 is 12.3. The van der Waals surface area contributed by atoms with E-state index in [-0.39, 0.29) is 33.6 Å². The molecule has 8 heteroatoms. The largest absolute Gasteiger partial charge is 0.457 e. The second-order valence-corrected chi connectivity index (χ2v) is 18.0. The van der Waals surface area contributed by atoms with E-state index in [9.17, 15) is 9.59 Å². The maximum Gasteiger partial charge on any atom is 0.357 e. The van der Waals surface area contributed by atoms with Crippen LogP contribution >= 0.6 is 23.5 Å². The molecule has 0 aromatic heterocycles. The summed E-state index contributed by atoms with van der Waals surface area (Å²) in [7, 11) is -1.84. The van der Waals surface area contributed by atoms with Gasteiger partial charge in [-0.15, -0.1) is 11.8 Å². The Morgan fingerprint density at radius 3 is 2.41 bits per heavy atom. The third kappa shape index (κ3) is 5.51. The Morgan fingerprint density at radius 1 is 1.28 bits per heavy atom. The van der Waals surface area contributed by atoms with Gasteiger partial charge in [0.1, 0.15) is 6.61 Å². The first-order valence-corrected chi connectivity index (χ1v) is 14.6. The van der Waals surface area contributed by atoms with E-state index in [1.165, 1.54) is 6.08 Å². The second kappa shape index (κ2) is 8.81. The lowest BCUT2D eigenvalue weighted by Crippen LogP contribution is -2.57. The zero-order valence-electron chi connectivity index (χ0n) is 19.0. The Labute approximate surface area is 185 Å².